The van der Waals surface area contributed by atoms with Gasteiger partial charge in [-0.15, -0.1) is 0 Å². The van der Waals surface area contributed by atoms with Crippen LogP contribution in [-0.4, -0.2) is 32.6 Å². The number of hydrogen-bond donors (Lipinski definition) is 1. The minimum absolute atomic E-state index is 0.0179. The molecule has 1 amide bonds. The van der Waals surface area contributed by atoms with E-state index in [1.165, 1.54) is 27.6 Å². The molecule has 1 aliphatic rings. The molecule has 0 aromatic rings. The molecule has 1 aliphatic heterocycles. The van der Waals surface area contributed by atoms with Gasteiger partial charge < -0.3 is 0 Å². The molecule has 0 bridgehead atoms. The first kappa shape index (κ1) is 11.6. The Labute approximate surface area is 95.1 Å². The van der Waals surface area contributed by atoms with Crippen LogP contribution in [0.3, 0.4) is 0 Å². The first-order chi connectivity index (χ1) is 6.05. The molecule has 0 aromatic carbocycles. The van der Waals surface area contributed by atoms with Crippen LogP contribution in [0.15, 0.2) is 0 Å². The Morgan fingerprint density at radius 1 is 1.69 bits per heavy atom. The van der Waals surface area contributed by atoms with Gasteiger partial charge in [-0.3, -0.25) is 4.79 Å². The molecule has 0 aromatic heterocycles. The highest BCUT2D eigenvalue weighted by Crippen LogP contribution is 2.49. The standard InChI is InChI=1S/C6H10N2OS4/c1-6(13-11-3)4(9)8(7-2)5(10)12-6/h7H,1-3H3. The number of carbonyl (C=O) groups excluding carboxylic acids is 1. The lowest BCUT2D eigenvalue weighted by atomic mass is 10.4. The zero-order chi connectivity index (χ0) is 10.1. The quantitative estimate of drug-likeness (QED) is 0.610. The minimum atomic E-state index is -0.473. The first-order valence-corrected chi connectivity index (χ1v) is 7.30. The Hall–Kier alpha value is 0.570. The molecule has 0 radical (unpaired) electrons. The van der Waals surface area contributed by atoms with Gasteiger partial charge in [0.2, 0.25) is 0 Å². The summed E-state index contributed by atoms with van der Waals surface area (Å²) in [6.07, 6.45) is 1.95. The van der Waals surface area contributed by atoms with Crippen LogP contribution in [0.1, 0.15) is 6.92 Å². The molecule has 3 nitrogen and oxygen atoms in total. The maximum Gasteiger partial charge on any atom is 0.269 e. The van der Waals surface area contributed by atoms with Gasteiger partial charge in [-0.2, -0.15) is 0 Å². The normalized spacial score (nSPS) is 28.7. The molecule has 13 heavy (non-hydrogen) atoms. The van der Waals surface area contributed by atoms with Crippen molar-refractivity contribution in [3.63, 3.8) is 0 Å². The third kappa shape index (κ3) is 2.15. The van der Waals surface area contributed by atoms with Crippen LogP contribution in [0, 0.1) is 0 Å². The second-order valence-electron chi connectivity index (χ2n) is 2.43. The first-order valence-electron chi connectivity index (χ1n) is 3.52. The van der Waals surface area contributed by atoms with E-state index in [-0.39, 0.29) is 5.91 Å². The summed E-state index contributed by atoms with van der Waals surface area (Å²) in [6.45, 7) is 1.89. The summed E-state index contributed by atoms with van der Waals surface area (Å²) in [7, 11) is 4.80. The van der Waals surface area contributed by atoms with Gasteiger partial charge in [-0.05, 0) is 13.2 Å². The molecule has 0 saturated carbocycles. The number of nitrogens with zero attached hydrogens (tertiary/aromatic N) is 1. The Morgan fingerprint density at radius 3 is 2.69 bits per heavy atom. The summed E-state index contributed by atoms with van der Waals surface area (Å²) >= 11 is 6.48. The van der Waals surface area contributed by atoms with Crippen molar-refractivity contribution >= 4 is 55.8 Å². The van der Waals surface area contributed by atoms with Gasteiger partial charge in [0.25, 0.3) is 5.91 Å². The Morgan fingerprint density at radius 2 is 2.31 bits per heavy atom. The van der Waals surface area contributed by atoms with Crippen molar-refractivity contribution in [1.82, 2.24) is 10.4 Å². The summed E-state index contributed by atoms with van der Waals surface area (Å²) in [4.78, 5) is 11.8. The van der Waals surface area contributed by atoms with Crippen molar-refractivity contribution in [2.24, 2.45) is 0 Å². The number of rotatable bonds is 3. The smallest absolute Gasteiger partial charge is 0.269 e. The van der Waals surface area contributed by atoms with Gasteiger partial charge in [0.05, 0.1) is 0 Å². The topological polar surface area (TPSA) is 32.3 Å². The molecule has 1 N–H and O–H groups in total. The highest BCUT2D eigenvalue weighted by Gasteiger charge is 2.47. The largest absolute Gasteiger partial charge is 0.270 e. The van der Waals surface area contributed by atoms with Crippen LogP contribution in [-0.2, 0) is 4.79 Å². The highest BCUT2D eigenvalue weighted by atomic mass is 33.1. The maximum atomic E-state index is 11.8. The predicted molar refractivity (Wildman–Crippen MR) is 65.6 cm³/mol. The summed E-state index contributed by atoms with van der Waals surface area (Å²) in [5, 5.41) is 1.42. The molecular formula is C6H10N2OS4. The summed E-state index contributed by atoms with van der Waals surface area (Å²) in [6, 6.07) is 0. The Balaban J connectivity index is 2.83. The molecule has 0 aliphatic carbocycles. The van der Waals surface area contributed by atoms with E-state index in [1.807, 2.05) is 13.2 Å². The van der Waals surface area contributed by atoms with E-state index in [2.05, 4.69) is 5.43 Å². The van der Waals surface area contributed by atoms with Crippen LogP contribution in [0.4, 0.5) is 0 Å². The van der Waals surface area contributed by atoms with E-state index in [0.717, 1.165) is 0 Å². The zero-order valence-electron chi connectivity index (χ0n) is 7.49. The lowest BCUT2D eigenvalue weighted by molar-refractivity contribution is -0.128. The second-order valence-corrected chi connectivity index (χ2v) is 7.56. The van der Waals surface area contributed by atoms with Crippen LogP contribution >= 0.6 is 45.6 Å². The van der Waals surface area contributed by atoms with Gasteiger partial charge in [-0.25, -0.2) is 10.4 Å². The SMILES string of the molecule is CNN1C(=O)C(C)(SSC)SC1=S. The number of hydrogen-bond acceptors (Lipinski definition) is 6. The number of amides is 1. The molecule has 1 saturated heterocycles. The fourth-order valence-corrected chi connectivity index (χ4v) is 5.50. The van der Waals surface area contributed by atoms with Gasteiger partial charge >= 0.3 is 0 Å². The van der Waals surface area contributed by atoms with Gasteiger partial charge in [0.1, 0.15) is 0 Å². The third-order valence-corrected chi connectivity index (χ3v) is 5.85. The van der Waals surface area contributed by atoms with Crippen molar-refractivity contribution in [3.8, 4) is 0 Å². The van der Waals surface area contributed by atoms with Crippen molar-refractivity contribution in [2.75, 3.05) is 13.3 Å². The van der Waals surface area contributed by atoms with Gasteiger partial charge in [0, 0.05) is 7.05 Å². The van der Waals surface area contributed by atoms with E-state index in [1.54, 1.807) is 17.8 Å². The van der Waals surface area contributed by atoms with E-state index in [4.69, 9.17) is 12.2 Å². The molecule has 1 atom stereocenters. The maximum absolute atomic E-state index is 11.8. The molecular weight excluding hydrogens is 244 g/mol. The number of thioether (sulfide) groups is 1. The molecule has 0 spiro atoms. The van der Waals surface area contributed by atoms with E-state index in [9.17, 15) is 4.79 Å². The van der Waals surface area contributed by atoms with Gasteiger partial charge in [0.15, 0.2) is 8.40 Å². The number of carbonyl (C=O) groups is 1. The fraction of sp³-hybridized carbons (Fsp3) is 0.667. The number of hydrazine groups is 1. The monoisotopic (exact) mass is 254 g/mol. The molecule has 1 heterocycles. The fourth-order valence-electron chi connectivity index (χ4n) is 0.946. The summed E-state index contributed by atoms with van der Waals surface area (Å²) in [5.74, 6) is 0.0179. The van der Waals surface area contributed by atoms with Crippen molar-refractivity contribution in [1.29, 1.82) is 0 Å². The van der Waals surface area contributed by atoms with E-state index >= 15 is 0 Å². The van der Waals surface area contributed by atoms with Crippen LogP contribution < -0.4 is 5.43 Å². The average molecular weight is 254 g/mol. The summed E-state index contributed by atoms with van der Waals surface area (Å²) in [5.41, 5.74) is 2.78. The second kappa shape index (κ2) is 4.39. The zero-order valence-corrected chi connectivity index (χ0v) is 10.8. The van der Waals surface area contributed by atoms with Crippen LogP contribution in [0.2, 0.25) is 0 Å². The predicted octanol–water partition coefficient (Wildman–Crippen LogP) is 1.71. The molecule has 1 rings (SSSR count). The Kier molecular flexibility index (Phi) is 3.94. The van der Waals surface area contributed by atoms with Gasteiger partial charge in [-0.1, -0.05) is 45.6 Å². The van der Waals surface area contributed by atoms with Crippen LogP contribution in [0.5, 0.6) is 0 Å². The van der Waals surface area contributed by atoms with Crippen molar-refractivity contribution in [2.45, 2.75) is 11.0 Å². The van der Waals surface area contributed by atoms with E-state index in [0.29, 0.717) is 4.32 Å². The lowest BCUT2D eigenvalue weighted by Crippen LogP contribution is -2.42. The molecule has 1 unspecified atom stereocenters. The number of thiocarbonyl (C=S) groups is 1. The van der Waals surface area contributed by atoms with Crippen molar-refractivity contribution < 1.29 is 4.79 Å². The third-order valence-electron chi connectivity index (χ3n) is 1.52. The van der Waals surface area contributed by atoms with E-state index < -0.39 is 4.08 Å². The molecule has 1 fully saturated rings. The highest BCUT2D eigenvalue weighted by molar-refractivity contribution is 8.79. The Bertz CT molecular complexity index is 247. The van der Waals surface area contributed by atoms with Crippen LogP contribution in [0.25, 0.3) is 0 Å². The number of nitrogens with one attached hydrogen (secondary N) is 1. The minimum Gasteiger partial charge on any atom is -0.270 e. The average Bonchev–Trinajstić information content (AvgIpc) is 2.24. The van der Waals surface area contributed by atoms with Crippen molar-refractivity contribution in [3.05, 3.63) is 0 Å². The summed E-state index contributed by atoms with van der Waals surface area (Å²) < 4.78 is 0.121. The lowest BCUT2D eigenvalue weighted by Gasteiger charge is -2.18. The molecule has 74 valence electrons. The molecule has 7 heteroatoms.